The average molecular weight is 246 g/mol. The van der Waals surface area contributed by atoms with Gasteiger partial charge < -0.3 is 10.2 Å². The van der Waals surface area contributed by atoms with E-state index in [9.17, 15) is 4.79 Å². The number of nitrogens with zero attached hydrogens (tertiary/aromatic N) is 1. The van der Waals surface area contributed by atoms with Gasteiger partial charge >= 0.3 is 0 Å². The molecule has 1 saturated heterocycles. The van der Waals surface area contributed by atoms with Crippen LogP contribution in [0.4, 0.5) is 5.69 Å². The van der Waals surface area contributed by atoms with Crippen molar-refractivity contribution in [1.82, 2.24) is 5.32 Å². The lowest BCUT2D eigenvalue weighted by atomic mass is 10.0. The predicted molar refractivity (Wildman–Crippen MR) is 75.0 cm³/mol. The largest absolute Gasteiger partial charge is 0.311 e. The van der Waals surface area contributed by atoms with Gasteiger partial charge in [-0.15, -0.1) is 0 Å². The van der Waals surface area contributed by atoms with E-state index in [0.717, 1.165) is 25.2 Å². The smallest absolute Gasteiger partial charge is 0.244 e. The Bertz CT molecular complexity index is 428. The summed E-state index contributed by atoms with van der Waals surface area (Å²) in [6.45, 7) is 8.04. The molecule has 0 radical (unpaired) electrons. The molecule has 98 valence electrons. The van der Waals surface area contributed by atoms with E-state index in [1.807, 2.05) is 24.0 Å². The molecule has 0 spiro atoms. The van der Waals surface area contributed by atoms with Crippen molar-refractivity contribution in [2.45, 2.75) is 39.2 Å². The Hall–Kier alpha value is -1.35. The second-order valence-electron chi connectivity index (χ2n) is 5.10. The van der Waals surface area contributed by atoms with Gasteiger partial charge in [-0.25, -0.2) is 0 Å². The SMILES string of the molecule is CCNC1CCN(c2ccccc2C(C)C)C1=O. The molecular formula is C15H22N2O. The summed E-state index contributed by atoms with van der Waals surface area (Å²) in [5.41, 5.74) is 2.33. The quantitative estimate of drug-likeness (QED) is 0.885. The third-order valence-corrected chi connectivity index (χ3v) is 3.51. The van der Waals surface area contributed by atoms with Crippen LogP contribution in [0.25, 0.3) is 0 Å². The number of nitrogens with one attached hydrogen (secondary N) is 1. The van der Waals surface area contributed by atoms with E-state index in [0.29, 0.717) is 5.92 Å². The number of carbonyl (C=O) groups excluding carboxylic acids is 1. The van der Waals surface area contributed by atoms with Crippen molar-refractivity contribution in [3.8, 4) is 0 Å². The van der Waals surface area contributed by atoms with Gasteiger partial charge in [0.2, 0.25) is 5.91 Å². The maximum Gasteiger partial charge on any atom is 0.244 e. The van der Waals surface area contributed by atoms with Gasteiger partial charge in [-0.2, -0.15) is 0 Å². The zero-order valence-electron chi connectivity index (χ0n) is 11.4. The molecule has 1 aliphatic rings. The molecule has 1 amide bonds. The summed E-state index contributed by atoms with van der Waals surface area (Å²) in [6.07, 6.45) is 0.902. The van der Waals surface area contributed by atoms with Crippen LogP contribution in [0.5, 0.6) is 0 Å². The molecule has 0 aliphatic carbocycles. The van der Waals surface area contributed by atoms with Gasteiger partial charge in [-0.1, -0.05) is 39.0 Å². The molecular weight excluding hydrogens is 224 g/mol. The van der Waals surface area contributed by atoms with Crippen molar-refractivity contribution < 1.29 is 4.79 Å². The first kappa shape index (κ1) is 13.1. The molecule has 3 heteroatoms. The molecule has 1 heterocycles. The summed E-state index contributed by atoms with van der Waals surface area (Å²) in [5.74, 6) is 0.650. The molecule has 1 N–H and O–H groups in total. The highest BCUT2D eigenvalue weighted by molar-refractivity contribution is 6.00. The predicted octanol–water partition coefficient (Wildman–Crippen LogP) is 2.52. The lowest BCUT2D eigenvalue weighted by Gasteiger charge is -2.22. The fraction of sp³-hybridized carbons (Fsp3) is 0.533. The van der Waals surface area contributed by atoms with E-state index >= 15 is 0 Å². The molecule has 0 saturated carbocycles. The van der Waals surface area contributed by atoms with E-state index in [4.69, 9.17) is 0 Å². The number of likely N-dealkylation sites (N-methyl/N-ethyl adjacent to an activating group) is 1. The lowest BCUT2D eigenvalue weighted by molar-refractivity contribution is -0.118. The molecule has 1 aromatic carbocycles. The first-order valence-electron chi connectivity index (χ1n) is 6.78. The maximum atomic E-state index is 12.3. The minimum absolute atomic E-state index is 0.00443. The number of anilines is 1. The monoisotopic (exact) mass is 246 g/mol. The van der Waals surface area contributed by atoms with E-state index in [2.05, 4.69) is 31.3 Å². The highest BCUT2D eigenvalue weighted by Crippen LogP contribution is 2.30. The minimum Gasteiger partial charge on any atom is -0.311 e. The second-order valence-corrected chi connectivity index (χ2v) is 5.10. The van der Waals surface area contributed by atoms with E-state index in [-0.39, 0.29) is 11.9 Å². The average Bonchev–Trinajstić information content (AvgIpc) is 2.72. The van der Waals surface area contributed by atoms with Crippen molar-refractivity contribution >= 4 is 11.6 Å². The normalized spacial score (nSPS) is 19.9. The first-order valence-corrected chi connectivity index (χ1v) is 6.78. The molecule has 2 rings (SSSR count). The van der Waals surface area contributed by atoms with Crippen LogP contribution in [0.1, 0.15) is 38.7 Å². The van der Waals surface area contributed by atoms with Crippen LogP contribution >= 0.6 is 0 Å². The number of hydrogen-bond donors (Lipinski definition) is 1. The number of amides is 1. The van der Waals surface area contributed by atoms with E-state index in [1.54, 1.807) is 0 Å². The van der Waals surface area contributed by atoms with Gasteiger partial charge in [-0.3, -0.25) is 4.79 Å². The standard InChI is InChI=1S/C15H22N2O/c1-4-16-13-9-10-17(15(13)18)14-8-6-5-7-12(14)11(2)3/h5-8,11,13,16H,4,9-10H2,1-3H3. The van der Waals surface area contributed by atoms with E-state index < -0.39 is 0 Å². The molecule has 1 unspecified atom stereocenters. The molecule has 1 fully saturated rings. The Morgan fingerprint density at radius 1 is 1.39 bits per heavy atom. The zero-order valence-corrected chi connectivity index (χ0v) is 11.4. The zero-order chi connectivity index (χ0) is 13.1. The molecule has 1 atom stereocenters. The third-order valence-electron chi connectivity index (χ3n) is 3.51. The number of carbonyl (C=O) groups is 1. The van der Waals surface area contributed by atoms with Crippen LogP contribution in [0.15, 0.2) is 24.3 Å². The Labute approximate surface area is 109 Å². The summed E-state index contributed by atoms with van der Waals surface area (Å²) >= 11 is 0. The highest BCUT2D eigenvalue weighted by atomic mass is 16.2. The maximum absolute atomic E-state index is 12.3. The highest BCUT2D eigenvalue weighted by Gasteiger charge is 2.32. The van der Waals surface area contributed by atoms with Crippen molar-refractivity contribution in [1.29, 1.82) is 0 Å². The number of para-hydroxylation sites is 1. The summed E-state index contributed by atoms with van der Waals surface area (Å²) < 4.78 is 0. The summed E-state index contributed by atoms with van der Waals surface area (Å²) in [5, 5.41) is 3.25. The van der Waals surface area contributed by atoms with Crippen LogP contribution in [0.3, 0.4) is 0 Å². The third kappa shape index (κ3) is 2.41. The summed E-state index contributed by atoms with van der Waals surface area (Å²) in [4.78, 5) is 14.3. The van der Waals surface area contributed by atoms with Gasteiger partial charge in [0.05, 0.1) is 6.04 Å². The Morgan fingerprint density at radius 3 is 2.78 bits per heavy atom. The lowest BCUT2D eigenvalue weighted by Crippen LogP contribution is -2.38. The van der Waals surface area contributed by atoms with Gasteiger partial charge in [-0.05, 0) is 30.5 Å². The number of benzene rings is 1. The van der Waals surface area contributed by atoms with Crippen molar-refractivity contribution in [2.75, 3.05) is 18.0 Å². The van der Waals surface area contributed by atoms with Crippen LogP contribution in [-0.4, -0.2) is 25.0 Å². The van der Waals surface area contributed by atoms with Crippen LogP contribution in [0.2, 0.25) is 0 Å². The summed E-state index contributed by atoms with van der Waals surface area (Å²) in [7, 11) is 0. The van der Waals surface area contributed by atoms with Crippen molar-refractivity contribution in [3.05, 3.63) is 29.8 Å². The van der Waals surface area contributed by atoms with Crippen LogP contribution < -0.4 is 10.2 Å². The molecule has 0 bridgehead atoms. The Kier molecular flexibility index (Phi) is 4.02. The van der Waals surface area contributed by atoms with Gasteiger partial charge in [0, 0.05) is 12.2 Å². The minimum atomic E-state index is -0.00443. The fourth-order valence-electron chi connectivity index (χ4n) is 2.58. The molecule has 1 aromatic rings. The summed E-state index contributed by atoms with van der Waals surface area (Å²) in [6, 6.07) is 8.22. The first-order chi connectivity index (χ1) is 8.65. The second kappa shape index (κ2) is 5.53. The molecule has 0 aromatic heterocycles. The molecule has 18 heavy (non-hydrogen) atoms. The van der Waals surface area contributed by atoms with Crippen LogP contribution in [-0.2, 0) is 4.79 Å². The van der Waals surface area contributed by atoms with Crippen molar-refractivity contribution in [3.63, 3.8) is 0 Å². The molecule has 1 aliphatic heterocycles. The topological polar surface area (TPSA) is 32.3 Å². The number of hydrogen-bond acceptors (Lipinski definition) is 2. The Morgan fingerprint density at radius 2 is 2.11 bits per heavy atom. The van der Waals surface area contributed by atoms with Crippen LogP contribution in [0, 0.1) is 0 Å². The molecule has 3 nitrogen and oxygen atoms in total. The van der Waals surface area contributed by atoms with Crippen molar-refractivity contribution in [2.24, 2.45) is 0 Å². The fourth-order valence-corrected chi connectivity index (χ4v) is 2.58. The van der Waals surface area contributed by atoms with Gasteiger partial charge in [0.15, 0.2) is 0 Å². The Balaban J connectivity index is 2.25. The number of rotatable bonds is 4. The van der Waals surface area contributed by atoms with E-state index in [1.165, 1.54) is 5.56 Å². The van der Waals surface area contributed by atoms with Gasteiger partial charge in [0.1, 0.15) is 0 Å². The van der Waals surface area contributed by atoms with Gasteiger partial charge in [0.25, 0.3) is 0 Å².